The minimum Gasteiger partial charge on any atom is -0.453 e. The lowest BCUT2D eigenvalue weighted by Crippen LogP contribution is -2.53. The normalized spacial score (nSPS) is 19.1. The average molecular weight is 802 g/mol. The van der Waals surface area contributed by atoms with E-state index in [1.807, 2.05) is 79.5 Å². The predicted molar refractivity (Wildman–Crippen MR) is 218 cm³/mol. The SMILES string of the molecule is COC(=O)N[C@H](C(=O)N1CCC[C@H]1C1=NC=C(c2ccc3c(c2)Oc2ccc(-c4cnc([C@@H]5CCCN5C(=O)[C@H](NC(=O)OC)c5ccccc5)[nH]4)cc2O3)C1)C(C)C. The molecule has 2 fully saturated rings. The lowest BCUT2D eigenvalue weighted by Gasteiger charge is -2.31. The molecule has 306 valence electrons. The number of nitrogens with zero attached hydrogens (tertiary/aromatic N) is 4. The first kappa shape index (κ1) is 39.2. The number of ether oxygens (including phenoxy) is 4. The van der Waals surface area contributed by atoms with Gasteiger partial charge in [0.15, 0.2) is 23.0 Å². The standard InChI is InChI=1S/C44H47N7O8/c1-25(2)38(48-43(54)56-3)41(52)50-18-8-12-32(50)30-20-29(23-45-30)27-14-16-34-36(21-27)58-35-17-15-28(22-37(35)59-34)31-24-46-40(47-31)33-13-9-19-51(33)42(53)39(49-44(55)57-4)26-10-6-5-7-11-26/h5-7,10-11,14-17,21-25,32-33,38-39H,8-9,12-13,18-20H2,1-4H3,(H,46,47)(H,48,54)(H,49,55)/t32-,33-,38-,39+/m0/s1. The van der Waals surface area contributed by atoms with Crippen LogP contribution in [0.4, 0.5) is 9.59 Å². The van der Waals surface area contributed by atoms with Gasteiger partial charge >= 0.3 is 12.2 Å². The Morgan fingerprint density at radius 3 is 2.08 bits per heavy atom. The number of benzene rings is 3. The molecule has 3 aromatic carbocycles. The number of fused-ring (bicyclic) bond motifs is 2. The van der Waals surface area contributed by atoms with Crippen LogP contribution in [0.25, 0.3) is 16.8 Å². The molecule has 0 spiro atoms. The molecule has 4 aliphatic heterocycles. The molecule has 8 rings (SSSR count). The molecule has 0 unspecified atom stereocenters. The van der Waals surface area contributed by atoms with Gasteiger partial charge in [-0.25, -0.2) is 14.6 Å². The van der Waals surface area contributed by atoms with Gasteiger partial charge in [0.1, 0.15) is 17.9 Å². The van der Waals surface area contributed by atoms with Gasteiger partial charge in [-0.05, 0) is 78.6 Å². The van der Waals surface area contributed by atoms with Crippen LogP contribution in [0.15, 0.2) is 84.1 Å². The summed E-state index contributed by atoms with van der Waals surface area (Å²) in [5.41, 5.74) is 5.11. The van der Waals surface area contributed by atoms with Gasteiger partial charge in [-0.1, -0.05) is 50.2 Å². The molecule has 1 aromatic heterocycles. The second kappa shape index (κ2) is 16.7. The number of hydrogen-bond acceptors (Lipinski definition) is 10. The Kier molecular flexibility index (Phi) is 11.1. The number of H-pyrrole nitrogens is 1. The van der Waals surface area contributed by atoms with Crippen molar-refractivity contribution in [1.82, 2.24) is 30.4 Å². The van der Waals surface area contributed by atoms with Crippen LogP contribution in [-0.2, 0) is 19.1 Å². The highest BCUT2D eigenvalue weighted by atomic mass is 16.6. The van der Waals surface area contributed by atoms with Crippen molar-refractivity contribution in [2.45, 2.75) is 70.1 Å². The first-order valence-electron chi connectivity index (χ1n) is 19.9. The van der Waals surface area contributed by atoms with Crippen LogP contribution in [0.3, 0.4) is 0 Å². The van der Waals surface area contributed by atoms with Gasteiger partial charge in [0.2, 0.25) is 5.91 Å². The van der Waals surface area contributed by atoms with E-state index in [4.69, 9.17) is 28.9 Å². The molecule has 4 atom stereocenters. The zero-order valence-corrected chi connectivity index (χ0v) is 33.4. The van der Waals surface area contributed by atoms with Gasteiger partial charge in [0.25, 0.3) is 5.91 Å². The first-order valence-corrected chi connectivity index (χ1v) is 19.9. The van der Waals surface area contributed by atoms with Crippen molar-refractivity contribution in [2.75, 3.05) is 27.3 Å². The molecular weight excluding hydrogens is 755 g/mol. The van der Waals surface area contributed by atoms with E-state index < -0.39 is 24.3 Å². The monoisotopic (exact) mass is 801 g/mol. The maximum absolute atomic E-state index is 13.9. The van der Waals surface area contributed by atoms with Gasteiger partial charge in [0.05, 0.1) is 38.2 Å². The maximum atomic E-state index is 13.9. The second-order valence-electron chi connectivity index (χ2n) is 15.4. The number of rotatable bonds is 10. The highest BCUT2D eigenvalue weighted by molar-refractivity contribution is 6.04. The summed E-state index contributed by atoms with van der Waals surface area (Å²) in [6.45, 7) is 4.93. The zero-order chi connectivity index (χ0) is 41.2. The molecule has 0 aliphatic carbocycles. The van der Waals surface area contributed by atoms with Gasteiger partial charge in [-0.15, -0.1) is 0 Å². The Morgan fingerprint density at radius 2 is 1.41 bits per heavy atom. The van der Waals surface area contributed by atoms with Crippen LogP contribution in [0.1, 0.15) is 75.0 Å². The van der Waals surface area contributed by atoms with Crippen molar-refractivity contribution in [3.8, 4) is 34.3 Å². The summed E-state index contributed by atoms with van der Waals surface area (Å²) >= 11 is 0. The van der Waals surface area contributed by atoms with Crippen LogP contribution in [0.2, 0.25) is 0 Å². The third kappa shape index (κ3) is 7.96. The average Bonchev–Trinajstić information content (AvgIpc) is 4.10. The molecule has 0 saturated carbocycles. The fourth-order valence-electron chi connectivity index (χ4n) is 8.27. The van der Waals surface area contributed by atoms with E-state index in [0.29, 0.717) is 53.9 Å². The summed E-state index contributed by atoms with van der Waals surface area (Å²) in [5, 5.41) is 5.41. The number of aromatic nitrogens is 2. The van der Waals surface area contributed by atoms with E-state index in [1.54, 1.807) is 23.2 Å². The molecule has 4 amide bonds. The molecule has 59 heavy (non-hydrogen) atoms. The summed E-state index contributed by atoms with van der Waals surface area (Å²) in [4.78, 5) is 68.3. The number of nitrogens with one attached hydrogen (secondary N) is 3. The smallest absolute Gasteiger partial charge is 0.407 e. The molecule has 5 heterocycles. The number of alkyl carbamates (subject to hydrolysis) is 2. The fourth-order valence-corrected chi connectivity index (χ4v) is 8.27. The highest BCUT2D eigenvalue weighted by Gasteiger charge is 2.39. The molecule has 15 heteroatoms. The van der Waals surface area contributed by atoms with Crippen molar-refractivity contribution in [1.29, 1.82) is 0 Å². The number of methoxy groups -OCH3 is 2. The topological polar surface area (TPSA) is 177 Å². The van der Waals surface area contributed by atoms with Gasteiger partial charge in [-0.3, -0.25) is 14.6 Å². The summed E-state index contributed by atoms with van der Waals surface area (Å²) in [6.07, 6.45) is 6.04. The lowest BCUT2D eigenvalue weighted by molar-refractivity contribution is -0.135. The van der Waals surface area contributed by atoms with Crippen LogP contribution in [0, 0.1) is 5.92 Å². The van der Waals surface area contributed by atoms with Crippen molar-refractivity contribution in [3.63, 3.8) is 0 Å². The molecule has 4 aromatic rings. The summed E-state index contributed by atoms with van der Waals surface area (Å²) < 4.78 is 22.3. The molecule has 15 nitrogen and oxygen atoms in total. The van der Waals surface area contributed by atoms with Crippen molar-refractivity contribution < 1.29 is 38.1 Å². The Bertz CT molecular complexity index is 2320. The highest BCUT2D eigenvalue weighted by Crippen LogP contribution is 2.48. The number of allylic oxidation sites excluding steroid dienone is 1. The number of carbonyl (C=O) groups excluding carboxylic acids is 4. The second-order valence-corrected chi connectivity index (χ2v) is 15.4. The molecule has 2 saturated heterocycles. The molecule has 4 aliphatic rings. The van der Waals surface area contributed by atoms with E-state index in [2.05, 4.69) is 15.6 Å². The number of aromatic amines is 1. The minimum atomic E-state index is -0.905. The van der Waals surface area contributed by atoms with E-state index in [0.717, 1.165) is 53.8 Å². The van der Waals surface area contributed by atoms with Crippen LogP contribution < -0.4 is 20.1 Å². The predicted octanol–water partition coefficient (Wildman–Crippen LogP) is 7.29. The fraction of sp³-hybridized carbons (Fsp3) is 0.364. The van der Waals surface area contributed by atoms with E-state index in [-0.39, 0.29) is 29.8 Å². The van der Waals surface area contributed by atoms with Crippen molar-refractivity contribution in [2.24, 2.45) is 10.9 Å². The van der Waals surface area contributed by atoms with E-state index >= 15 is 0 Å². The Hall–Kier alpha value is -6.64. The van der Waals surface area contributed by atoms with Gasteiger partial charge in [0, 0.05) is 37.0 Å². The molecule has 0 bridgehead atoms. The number of amides is 4. The Balaban J connectivity index is 0.926. The molecule has 0 radical (unpaired) electrons. The first-order chi connectivity index (χ1) is 28.6. The number of imidazole rings is 1. The number of carbonyl (C=O) groups is 4. The van der Waals surface area contributed by atoms with Crippen molar-refractivity contribution >= 4 is 35.3 Å². The van der Waals surface area contributed by atoms with E-state index in [9.17, 15) is 19.2 Å². The Morgan fingerprint density at radius 1 is 0.780 bits per heavy atom. The number of aliphatic imine (C=N–C) groups is 1. The summed E-state index contributed by atoms with van der Waals surface area (Å²) in [6, 6.07) is 18.6. The van der Waals surface area contributed by atoms with Crippen LogP contribution >= 0.6 is 0 Å². The molecular formula is C44H47N7O8. The van der Waals surface area contributed by atoms with E-state index in [1.165, 1.54) is 14.2 Å². The quantitative estimate of drug-likeness (QED) is 0.131. The third-order valence-electron chi connectivity index (χ3n) is 11.4. The number of likely N-dealkylation sites (tertiary alicyclic amines) is 2. The summed E-state index contributed by atoms with van der Waals surface area (Å²) in [7, 11) is 2.56. The maximum Gasteiger partial charge on any atom is 0.407 e. The van der Waals surface area contributed by atoms with Gasteiger partial charge < -0.3 is 44.4 Å². The number of hydrogen-bond donors (Lipinski definition) is 3. The third-order valence-corrected chi connectivity index (χ3v) is 11.4. The zero-order valence-electron chi connectivity index (χ0n) is 33.4. The van der Waals surface area contributed by atoms with Crippen molar-refractivity contribution in [3.05, 3.63) is 96.1 Å². The lowest BCUT2D eigenvalue weighted by atomic mass is 9.97. The van der Waals surface area contributed by atoms with Crippen LogP contribution in [0.5, 0.6) is 23.0 Å². The van der Waals surface area contributed by atoms with Crippen LogP contribution in [-0.4, -0.2) is 88.9 Å². The Labute approximate surface area is 341 Å². The summed E-state index contributed by atoms with van der Waals surface area (Å²) in [5.74, 6) is 2.44. The minimum absolute atomic E-state index is 0.111. The largest absolute Gasteiger partial charge is 0.453 e. The molecule has 3 N–H and O–H groups in total. The van der Waals surface area contributed by atoms with Gasteiger partial charge in [-0.2, -0.15) is 0 Å².